The minimum Gasteiger partial charge on any atom is -0.307 e. The lowest BCUT2D eigenvalue weighted by Crippen LogP contribution is -2.18. The molecular formula is C13H9N4O. The van der Waals surface area contributed by atoms with Gasteiger partial charge in [0.2, 0.25) is 0 Å². The van der Waals surface area contributed by atoms with Gasteiger partial charge >= 0.3 is 6.03 Å². The maximum Gasteiger partial charge on any atom is 0.361 e. The van der Waals surface area contributed by atoms with E-state index >= 15 is 0 Å². The highest BCUT2D eigenvalue weighted by atomic mass is 16.2. The molecule has 1 aliphatic rings. The van der Waals surface area contributed by atoms with E-state index < -0.39 is 12.2 Å². The molecule has 0 bridgehead atoms. The highest BCUT2D eigenvalue weighted by Gasteiger charge is 2.22. The summed E-state index contributed by atoms with van der Waals surface area (Å²) in [6.45, 7) is 0. The number of azo groups is 1. The van der Waals surface area contributed by atoms with Gasteiger partial charge in [-0.25, -0.2) is 4.79 Å². The fourth-order valence-electron chi connectivity index (χ4n) is 1.86. The first kappa shape index (κ1) is 10.6. The molecule has 3 rings (SSSR count). The topological polar surface area (TPSA) is 66.7 Å². The van der Waals surface area contributed by atoms with Gasteiger partial charge in [-0.2, -0.15) is 5.11 Å². The molecule has 0 spiro atoms. The van der Waals surface area contributed by atoms with Crippen LogP contribution in [0.15, 0.2) is 53.0 Å². The molecule has 87 valence electrons. The van der Waals surface area contributed by atoms with Gasteiger partial charge in [0, 0.05) is 23.5 Å². The summed E-state index contributed by atoms with van der Waals surface area (Å²) in [5.74, 6) is 0. The van der Waals surface area contributed by atoms with Crippen molar-refractivity contribution in [3.63, 3.8) is 0 Å². The predicted molar refractivity (Wildman–Crippen MR) is 64.6 cm³/mol. The number of amides is 2. The summed E-state index contributed by atoms with van der Waals surface area (Å²) >= 11 is 0. The largest absolute Gasteiger partial charge is 0.361 e. The molecule has 5 heteroatoms. The minimum atomic E-state index is -0.440. The number of nitrogens with zero attached hydrogens (tertiary/aromatic N) is 3. The van der Waals surface area contributed by atoms with Gasteiger partial charge in [0.1, 0.15) is 0 Å². The van der Waals surface area contributed by atoms with E-state index in [0.717, 1.165) is 16.7 Å². The molecule has 2 heterocycles. The van der Waals surface area contributed by atoms with Crippen molar-refractivity contribution in [3.8, 4) is 11.1 Å². The fraction of sp³-hybridized carbons (Fsp3) is 0.0769. The van der Waals surface area contributed by atoms with E-state index in [-0.39, 0.29) is 0 Å². The zero-order chi connectivity index (χ0) is 12.4. The van der Waals surface area contributed by atoms with Crippen LogP contribution in [0.4, 0.5) is 4.79 Å². The third-order valence-electron chi connectivity index (χ3n) is 2.66. The van der Waals surface area contributed by atoms with Crippen LogP contribution in [0.3, 0.4) is 0 Å². The summed E-state index contributed by atoms with van der Waals surface area (Å²) in [5.41, 5.74) is 2.67. The van der Waals surface area contributed by atoms with Crippen molar-refractivity contribution < 1.29 is 4.79 Å². The number of rotatable bonds is 2. The molecule has 1 aromatic heterocycles. The van der Waals surface area contributed by atoms with Crippen molar-refractivity contribution in [2.45, 2.75) is 6.17 Å². The van der Waals surface area contributed by atoms with E-state index in [2.05, 4.69) is 26.6 Å². The third kappa shape index (κ3) is 1.86. The Morgan fingerprint density at radius 3 is 2.94 bits per heavy atom. The van der Waals surface area contributed by atoms with E-state index in [1.807, 2.05) is 30.3 Å². The van der Waals surface area contributed by atoms with Gasteiger partial charge in [0.15, 0.2) is 6.17 Å². The number of hydrogen-bond acceptors (Lipinski definition) is 3. The van der Waals surface area contributed by atoms with Crippen LogP contribution in [0.2, 0.25) is 0 Å². The molecule has 18 heavy (non-hydrogen) atoms. The molecule has 1 aromatic carbocycles. The molecule has 1 aliphatic heterocycles. The standard InChI is InChI=1S/C13H9N4O/c18-13-15-12(16-17-13)11-6-2-1-5-10(11)9-4-3-7-14-8-9/h1-4,6-8,12H,(H,15,18). The Kier molecular flexibility index (Phi) is 2.57. The van der Waals surface area contributed by atoms with Gasteiger partial charge in [-0.3, -0.25) is 4.98 Å². The van der Waals surface area contributed by atoms with E-state index in [1.165, 1.54) is 0 Å². The lowest BCUT2D eigenvalue weighted by atomic mass is 9.99. The normalized spacial score (nSPS) is 17.8. The summed E-state index contributed by atoms with van der Waals surface area (Å²) in [7, 11) is 0. The first-order chi connectivity index (χ1) is 8.84. The summed E-state index contributed by atoms with van der Waals surface area (Å²) in [6.07, 6.45) is 3.03. The molecule has 0 saturated carbocycles. The molecule has 0 saturated heterocycles. The Morgan fingerprint density at radius 1 is 1.28 bits per heavy atom. The maximum atomic E-state index is 11.1. The van der Waals surface area contributed by atoms with E-state index in [9.17, 15) is 4.79 Å². The van der Waals surface area contributed by atoms with Crippen molar-refractivity contribution in [3.05, 3.63) is 54.4 Å². The molecule has 2 aromatic rings. The molecule has 5 nitrogen and oxygen atoms in total. The van der Waals surface area contributed by atoms with Gasteiger partial charge in [-0.05, 0) is 17.7 Å². The zero-order valence-corrected chi connectivity index (χ0v) is 9.37. The smallest absolute Gasteiger partial charge is 0.307 e. The van der Waals surface area contributed by atoms with E-state index in [0.29, 0.717) is 0 Å². The number of urea groups is 1. The van der Waals surface area contributed by atoms with Gasteiger partial charge in [-0.15, -0.1) is 0 Å². The first-order valence-corrected chi connectivity index (χ1v) is 5.47. The number of pyridine rings is 1. The van der Waals surface area contributed by atoms with Crippen LogP contribution in [-0.2, 0) is 0 Å². The Labute approximate surface area is 104 Å². The van der Waals surface area contributed by atoms with Crippen LogP contribution in [0.25, 0.3) is 11.1 Å². The molecule has 1 unspecified atom stereocenters. The van der Waals surface area contributed by atoms with Crippen molar-refractivity contribution in [2.75, 3.05) is 0 Å². The van der Waals surface area contributed by atoms with Crippen molar-refractivity contribution in [1.82, 2.24) is 10.3 Å². The van der Waals surface area contributed by atoms with Crippen molar-refractivity contribution in [1.29, 1.82) is 0 Å². The molecule has 0 aliphatic carbocycles. The number of carbonyl (C=O) groups excluding carboxylic acids is 1. The van der Waals surface area contributed by atoms with Crippen molar-refractivity contribution >= 4 is 6.03 Å². The monoisotopic (exact) mass is 237 g/mol. The molecule has 1 radical (unpaired) electrons. The third-order valence-corrected chi connectivity index (χ3v) is 2.66. The predicted octanol–water partition coefficient (Wildman–Crippen LogP) is 2.72. The Balaban J connectivity index is 2.06. The maximum absolute atomic E-state index is 11.1. The number of benzene rings is 1. The van der Waals surface area contributed by atoms with E-state index in [4.69, 9.17) is 0 Å². The van der Waals surface area contributed by atoms with Gasteiger partial charge in [0.05, 0.1) is 0 Å². The van der Waals surface area contributed by atoms with Crippen LogP contribution >= 0.6 is 0 Å². The fourth-order valence-corrected chi connectivity index (χ4v) is 1.86. The molecular weight excluding hydrogens is 228 g/mol. The minimum absolute atomic E-state index is 0.416. The average Bonchev–Trinajstić information content (AvgIpc) is 2.86. The molecule has 1 N–H and O–H groups in total. The van der Waals surface area contributed by atoms with Gasteiger partial charge < -0.3 is 5.32 Å². The van der Waals surface area contributed by atoms with Crippen molar-refractivity contribution in [2.24, 2.45) is 10.2 Å². The second-order valence-corrected chi connectivity index (χ2v) is 3.81. The first-order valence-electron chi connectivity index (χ1n) is 5.47. The number of aromatic nitrogens is 1. The highest BCUT2D eigenvalue weighted by Crippen LogP contribution is 2.29. The van der Waals surface area contributed by atoms with E-state index in [1.54, 1.807) is 12.4 Å². The van der Waals surface area contributed by atoms with Crippen LogP contribution in [-0.4, -0.2) is 11.0 Å². The summed E-state index contributed by atoms with van der Waals surface area (Å²) < 4.78 is 0. The number of nitrogens with one attached hydrogen (secondary N) is 1. The van der Waals surface area contributed by atoms with Crippen LogP contribution in [0.1, 0.15) is 11.7 Å². The highest BCUT2D eigenvalue weighted by molar-refractivity contribution is 5.77. The van der Waals surface area contributed by atoms with Crippen LogP contribution < -0.4 is 5.32 Å². The number of hydrogen-bond donors (Lipinski definition) is 1. The zero-order valence-electron chi connectivity index (χ0n) is 9.37. The summed E-state index contributed by atoms with van der Waals surface area (Å²) in [5, 5.41) is 10.0. The average molecular weight is 237 g/mol. The summed E-state index contributed by atoms with van der Waals surface area (Å²) in [4.78, 5) is 15.2. The van der Waals surface area contributed by atoms with Gasteiger partial charge in [-0.1, -0.05) is 29.4 Å². The summed E-state index contributed by atoms with van der Waals surface area (Å²) in [6, 6.07) is 12.1. The number of carbonyl (C=O) groups is 1. The lowest BCUT2D eigenvalue weighted by molar-refractivity contribution is 0.250. The Hall–Kier alpha value is -2.56. The lowest BCUT2D eigenvalue weighted by Gasteiger charge is -2.12. The van der Waals surface area contributed by atoms with Crippen LogP contribution in [0, 0.1) is 6.07 Å². The molecule has 1 atom stereocenters. The quantitative estimate of drug-likeness (QED) is 0.872. The van der Waals surface area contributed by atoms with Crippen LogP contribution in [0.5, 0.6) is 0 Å². The molecule has 2 amide bonds. The van der Waals surface area contributed by atoms with Gasteiger partial charge in [0.25, 0.3) is 0 Å². The Bertz CT molecular complexity index is 609. The second-order valence-electron chi connectivity index (χ2n) is 3.81. The Morgan fingerprint density at radius 2 is 2.22 bits per heavy atom. The SMILES string of the molecule is O=C1N=NC(c2ccc[c]c2-c2cccnc2)N1. The molecule has 0 fully saturated rings. The second kappa shape index (κ2) is 4.37.